The second kappa shape index (κ2) is 6.82. The zero-order valence-corrected chi connectivity index (χ0v) is 13.8. The van der Waals surface area contributed by atoms with Gasteiger partial charge in [-0.05, 0) is 18.6 Å². The van der Waals surface area contributed by atoms with Crippen LogP contribution in [0.1, 0.15) is 22.5 Å². The normalized spacial score (nSPS) is 18.7. The molecule has 0 unspecified atom stereocenters. The molecule has 26 heavy (non-hydrogen) atoms. The van der Waals surface area contributed by atoms with Crippen molar-refractivity contribution in [3.63, 3.8) is 0 Å². The van der Waals surface area contributed by atoms with Gasteiger partial charge in [0.2, 0.25) is 5.91 Å². The Morgan fingerprint density at radius 3 is 2.81 bits per heavy atom. The van der Waals surface area contributed by atoms with Crippen LogP contribution in [0.5, 0.6) is 0 Å². The Balaban J connectivity index is 1.97. The van der Waals surface area contributed by atoms with Crippen LogP contribution in [-0.4, -0.2) is 40.0 Å². The Hall–Kier alpha value is -3.44. The van der Waals surface area contributed by atoms with Gasteiger partial charge in [0, 0.05) is 23.7 Å². The van der Waals surface area contributed by atoms with Crippen LogP contribution in [0.2, 0.25) is 0 Å². The lowest BCUT2D eigenvalue weighted by Gasteiger charge is -2.15. The molecule has 0 saturated carbocycles. The average molecular weight is 351 g/mol. The average Bonchev–Trinajstić information content (AvgIpc) is 3.00. The summed E-state index contributed by atoms with van der Waals surface area (Å²) in [5, 5.41) is 12.2. The van der Waals surface area contributed by atoms with Crippen molar-refractivity contribution in [1.82, 2.24) is 15.3 Å². The number of aliphatic hydroxyl groups excluding tert-OH is 1. The first-order valence-electron chi connectivity index (χ1n) is 7.91. The first-order chi connectivity index (χ1) is 12.4. The van der Waals surface area contributed by atoms with E-state index in [1.54, 1.807) is 24.3 Å². The molecule has 1 aromatic heterocycles. The van der Waals surface area contributed by atoms with Crippen LogP contribution in [0, 0.1) is 17.3 Å². The van der Waals surface area contributed by atoms with Crippen LogP contribution < -0.4 is 16.8 Å². The van der Waals surface area contributed by atoms with Gasteiger partial charge in [0.1, 0.15) is 16.9 Å². The molecule has 0 bridgehead atoms. The van der Waals surface area contributed by atoms with Gasteiger partial charge in [-0.1, -0.05) is 24.0 Å². The number of anilines is 1. The van der Waals surface area contributed by atoms with Crippen LogP contribution in [0.25, 0.3) is 11.4 Å². The number of nitrogens with zero attached hydrogens (tertiary/aromatic N) is 2. The van der Waals surface area contributed by atoms with E-state index in [1.165, 1.54) is 6.07 Å². The van der Waals surface area contributed by atoms with Crippen molar-refractivity contribution >= 4 is 17.6 Å². The topological polar surface area (TPSA) is 144 Å². The predicted molar refractivity (Wildman–Crippen MR) is 94.4 cm³/mol. The zero-order valence-electron chi connectivity index (χ0n) is 13.8. The summed E-state index contributed by atoms with van der Waals surface area (Å²) < 4.78 is 0. The van der Waals surface area contributed by atoms with Gasteiger partial charge in [-0.2, -0.15) is 0 Å². The van der Waals surface area contributed by atoms with E-state index in [0.29, 0.717) is 24.1 Å². The molecule has 2 heterocycles. The molecule has 132 valence electrons. The van der Waals surface area contributed by atoms with E-state index < -0.39 is 11.3 Å². The number of carbonyl (C=O) groups excluding carboxylic acids is 2. The van der Waals surface area contributed by atoms with E-state index in [2.05, 4.69) is 27.1 Å². The van der Waals surface area contributed by atoms with Gasteiger partial charge < -0.3 is 21.9 Å². The molecule has 1 saturated heterocycles. The number of aliphatic hydroxyl groups is 1. The van der Waals surface area contributed by atoms with E-state index in [1.807, 2.05) is 0 Å². The number of nitrogens with one attached hydrogen (secondary N) is 1. The van der Waals surface area contributed by atoms with Crippen LogP contribution in [0.3, 0.4) is 0 Å². The SMILES string of the molecule is NC(=O)c1cc(N)nc(-c2cccc(C#C[C@@]3(CO)CCNC3=O)c2)n1. The maximum Gasteiger partial charge on any atom is 0.267 e. The lowest BCUT2D eigenvalue weighted by Crippen LogP contribution is -2.33. The highest BCUT2D eigenvalue weighted by Gasteiger charge is 2.40. The summed E-state index contributed by atoms with van der Waals surface area (Å²) in [4.78, 5) is 31.5. The van der Waals surface area contributed by atoms with Crippen molar-refractivity contribution < 1.29 is 14.7 Å². The van der Waals surface area contributed by atoms with E-state index in [0.717, 1.165) is 0 Å². The Morgan fingerprint density at radius 1 is 1.35 bits per heavy atom. The molecule has 0 radical (unpaired) electrons. The third-order valence-electron chi connectivity index (χ3n) is 4.11. The number of carbonyl (C=O) groups is 2. The quantitative estimate of drug-likeness (QED) is 0.558. The molecule has 8 nitrogen and oxygen atoms in total. The molecule has 6 N–H and O–H groups in total. The van der Waals surface area contributed by atoms with E-state index in [-0.39, 0.29) is 29.9 Å². The van der Waals surface area contributed by atoms with Gasteiger partial charge in [-0.3, -0.25) is 9.59 Å². The van der Waals surface area contributed by atoms with Gasteiger partial charge in [-0.25, -0.2) is 9.97 Å². The Labute approximate surface area is 149 Å². The standard InChI is InChI=1S/C18H17N5O3/c19-14-9-13(15(20)25)22-16(23-14)12-3-1-2-11(8-12)4-5-18(10-24)6-7-21-17(18)26/h1-3,8-9,24H,6-7,10H2,(H2,20,25)(H,21,26)(H2,19,22,23)/t18-/m0/s1. The van der Waals surface area contributed by atoms with Crippen molar-refractivity contribution in [3.05, 3.63) is 41.6 Å². The molecule has 1 fully saturated rings. The minimum atomic E-state index is -1.08. The van der Waals surface area contributed by atoms with E-state index in [9.17, 15) is 14.7 Å². The number of nitrogen functional groups attached to an aromatic ring is 1. The molecule has 1 aliphatic rings. The maximum absolute atomic E-state index is 11.9. The molecule has 0 aliphatic carbocycles. The molecule has 0 spiro atoms. The first kappa shape index (κ1) is 17.4. The lowest BCUT2D eigenvalue weighted by atomic mass is 9.88. The van der Waals surface area contributed by atoms with E-state index in [4.69, 9.17) is 11.5 Å². The number of nitrogens with two attached hydrogens (primary N) is 2. The molecular weight excluding hydrogens is 334 g/mol. The van der Waals surface area contributed by atoms with Crippen LogP contribution >= 0.6 is 0 Å². The lowest BCUT2D eigenvalue weighted by molar-refractivity contribution is -0.126. The number of hydrogen-bond donors (Lipinski definition) is 4. The highest BCUT2D eigenvalue weighted by molar-refractivity contribution is 5.92. The molecule has 3 rings (SSSR count). The van der Waals surface area contributed by atoms with Crippen LogP contribution in [0.15, 0.2) is 30.3 Å². The number of aromatic nitrogens is 2. The summed E-state index contributed by atoms with van der Waals surface area (Å²) in [6.45, 7) is 0.146. The summed E-state index contributed by atoms with van der Waals surface area (Å²) in [5.41, 5.74) is 11.1. The number of hydrogen-bond acceptors (Lipinski definition) is 6. The summed E-state index contributed by atoms with van der Waals surface area (Å²) in [6.07, 6.45) is 0.454. The first-order valence-corrected chi connectivity index (χ1v) is 7.91. The fraction of sp³-hybridized carbons (Fsp3) is 0.222. The molecule has 1 aliphatic heterocycles. The summed E-state index contributed by atoms with van der Waals surface area (Å²) in [7, 11) is 0. The summed E-state index contributed by atoms with van der Waals surface area (Å²) in [5.74, 6) is 5.21. The minimum absolute atomic E-state index is 0.0193. The molecule has 8 heteroatoms. The molecule has 2 aromatic rings. The summed E-state index contributed by atoms with van der Waals surface area (Å²) >= 11 is 0. The zero-order chi connectivity index (χ0) is 18.7. The van der Waals surface area contributed by atoms with Crippen molar-refractivity contribution in [3.8, 4) is 23.2 Å². The molecular formula is C18H17N5O3. The number of benzene rings is 1. The molecule has 2 amide bonds. The number of primary amides is 1. The van der Waals surface area contributed by atoms with Gasteiger partial charge in [0.05, 0.1) is 6.61 Å². The molecule has 1 aromatic carbocycles. The van der Waals surface area contributed by atoms with Gasteiger partial charge in [-0.15, -0.1) is 0 Å². The maximum atomic E-state index is 11.9. The fourth-order valence-electron chi connectivity index (χ4n) is 2.63. The van der Waals surface area contributed by atoms with Gasteiger partial charge >= 0.3 is 0 Å². The Bertz CT molecular complexity index is 947. The van der Waals surface area contributed by atoms with Gasteiger partial charge in [0.25, 0.3) is 5.91 Å². The third-order valence-corrected chi connectivity index (χ3v) is 4.11. The van der Waals surface area contributed by atoms with E-state index >= 15 is 0 Å². The van der Waals surface area contributed by atoms with Crippen molar-refractivity contribution in [2.75, 3.05) is 18.9 Å². The predicted octanol–water partition coefficient (Wildman–Crippen LogP) is -0.325. The second-order valence-corrected chi connectivity index (χ2v) is 5.94. The number of amides is 2. The third kappa shape index (κ3) is 3.34. The van der Waals surface area contributed by atoms with Gasteiger partial charge in [0.15, 0.2) is 5.82 Å². The van der Waals surface area contributed by atoms with Crippen molar-refractivity contribution in [1.29, 1.82) is 0 Å². The van der Waals surface area contributed by atoms with Crippen molar-refractivity contribution in [2.24, 2.45) is 11.1 Å². The fourth-order valence-corrected chi connectivity index (χ4v) is 2.63. The van der Waals surface area contributed by atoms with Crippen LogP contribution in [-0.2, 0) is 4.79 Å². The number of rotatable bonds is 3. The highest BCUT2D eigenvalue weighted by atomic mass is 16.3. The minimum Gasteiger partial charge on any atom is -0.394 e. The Morgan fingerprint density at radius 2 is 2.15 bits per heavy atom. The highest BCUT2D eigenvalue weighted by Crippen LogP contribution is 2.25. The van der Waals surface area contributed by atoms with Crippen LogP contribution in [0.4, 0.5) is 5.82 Å². The molecule has 1 atom stereocenters. The Kier molecular flexibility index (Phi) is 4.56. The monoisotopic (exact) mass is 351 g/mol. The van der Waals surface area contributed by atoms with Crippen molar-refractivity contribution in [2.45, 2.75) is 6.42 Å². The summed E-state index contributed by atoms with van der Waals surface area (Å²) in [6, 6.07) is 8.27. The smallest absolute Gasteiger partial charge is 0.267 e. The second-order valence-electron chi connectivity index (χ2n) is 5.94. The largest absolute Gasteiger partial charge is 0.394 e.